The van der Waals surface area contributed by atoms with E-state index in [0.29, 0.717) is 10.8 Å². The Hall–Kier alpha value is -0.850. The number of rotatable bonds is 3. The summed E-state index contributed by atoms with van der Waals surface area (Å²) in [5.74, 6) is 0. The van der Waals surface area contributed by atoms with E-state index in [1.54, 1.807) is 0 Å². The average Bonchev–Trinajstić information content (AvgIpc) is 3.09. The summed E-state index contributed by atoms with van der Waals surface area (Å²) in [6, 6.07) is 4.52. The molecular formula is C17H27N. The van der Waals surface area contributed by atoms with Gasteiger partial charge in [0, 0.05) is 17.3 Å². The highest BCUT2D eigenvalue weighted by molar-refractivity contribution is 5.34. The molecular weight excluding hydrogens is 218 g/mol. The predicted molar refractivity (Wildman–Crippen MR) is 77.9 cm³/mol. The minimum atomic E-state index is 0.212. The Bertz CT molecular complexity index is 433. The van der Waals surface area contributed by atoms with E-state index in [1.165, 1.54) is 30.5 Å². The number of hydrogen-bond donors (Lipinski definition) is 0. The molecule has 0 saturated heterocycles. The van der Waals surface area contributed by atoms with Gasteiger partial charge in [0.2, 0.25) is 0 Å². The minimum absolute atomic E-state index is 0.212. The largest absolute Gasteiger partial charge is 0.261 e. The second-order valence-corrected chi connectivity index (χ2v) is 7.50. The second kappa shape index (κ2) is 4.08. The van der Waals surface area contributed by atoms with Crippen molar-refractivity contribution in [3.63, 3.8) is 0 Å². The quantitative estimate of drug-likeness (QED) is 0.742. The lowest BCUT2D eigenvalue weighted by Gasteiger charge is -2.34. The van der Waals surface area contributed by atoms with Gasteiger partial charge >= 0.3 is 0 Å². The summed E-state index contributed by atoms with van der Waals surface area (Å²) in [5.41, 5.74) is 3.64. The predicted octanol–water partition coefficient (Wildman–Crippen LogP) is 4.85. The molecule has 0 aliphatic heterocycles. The molecule has 0 radical (unpaired) electrons. The first kappa shape index (κ1) is 13.6. The lowest BCUT2D eigenvalue weighted by Crippen LogP contribution is -2.30. The molecule has 1 aromatic heterocycles. The zero-order valence-electron chi connectivity index (χ0n) is 12.8. The van der Waals surface area contributed by atoms with Crippen LogP contribution in [0.1, 0.15) is 72.1 Å². The molecule has 0 N–H and O–H groups in total. The van der Waals surface area contributed by atoms with Crippen molar-refractivity contribution < 1.29 is 0 Å². The summed E-state index contributed by atoms with van der Waals surface area (Å²) in [6.45, 7) is 13.9. The molecule has 0 atom stereocenters. The van der Waals surface area contributed by atoms with Crippen LogP contribution in [0.25, 0.3) is 0 Å². The first-order valence-electron chi connectivity index (χ1n) is 7.20. The van der Waals surface area contributed by atoms with Gasteiger partial charge in [-0.25, -0.2) is 0 Å². The van der Waals surface area contributed by atoms with Gasteiger partial charge in [-0.2, -0.15) is 0 Å². The van der Waals surface area contributed by atoms with E-state index in [4.69, 9.17) is 4.98 Å². The van der Waals surface area contributed by atoms with E-state index in [9.17, 15) is 0 Å². The van der Waals surface area contributed by atoms with Crippen LogP contribution >= 0.6 is 0 Å². The number of aromatic nitrogens is 1. The van der Waals surface area contributed by atoms with Crippen molar-refractivity contribution >= 4 is 0 Å². The normalized spacial score (nSPS) is 18.8. The summed E-state index contributed by atoms with van der Waals surface area (Å²) in [7, 11) is 0. The highest BCUT2D eigenvalue weighted by Crippen LogP contribution is 2.60. The molecule has 0 aromatic carbocycles. The van der Waals surface area contributed by atoms with Gasteiger partial charge in [0.1, 0.15) is 0 Å². The highest BCUT2D eigenvalue weighted by atomic mass is 14.8. The molecule has 1 aliphatic rings. The van der Waals surface area contributed by atoms with Crippen LogP contribution < -0.4 is 0 Å². The third kappa shape index (κ3) is 2.08. The monoisotopic (exact) mass is 245 g/mol. The van der Waals surface area contributed by atoms with Crippen molar-refractivity contribution in [1.29, 1.82) is 0 Å². The molecule has 1 heterocycles. The Morgan fingerprint density at radius 2 is 1.78 bits per heavy atom. The van der Waals surface area contributed by atoms with Crippen molar-refractivity contribution in [3.8, 4) is 0 Å². The highest BCUT2D eigenvalue weighted by Gasteiger charge is 2.55. The molecule has 1 nitrogen and oxygen atoms in total. The SMILES string of the molecule is CCC(C)(C)C1(c2cc(C(C)(C)C)ccn2)CC1. The Morgan fingerprint density at radius 3 is 2.22 bits per heavy atom. The average molecular weight is 245 g/mol. The summed E-state index contributed by atoms with van der Waals surface area (Å²) in [6.07, 6.45) is 5.82. The van der Waals surface area contributed by atoms with Gasteiger partial charge in [-0.3, -0.25) is 4.98 Å². The van der Waals surface area contributed by atoms with Crippen LogP contribution in [0.15, 0.2) is 18.3 Å². The smallest absolute Gasteiger partial charge is 0.0473 e. The first-order valence-corrected chi connectivity index (χ1v) is 7.20. The van der Waals surface area contributed by atoms with E-state index in [2.05, 4.69) is 53.7 Å². The number of nitrogens with zero attached hydrogens (tertiary/aromatic N) is 1. The fourth-order valence-corrected chi connectivity index (χ4v) is 2.90. The molecule has 0 bridgehead atoms. The standard InChI is InChI=1S/C17H27N/c1-7-16(5,6)17(9-10-17)14-12-13(8-11-18-14)15(2,3)4/h8,11-12H,7,9-10H2,1-6H3. The van der Waals surface area contributed by atoms with Gasteiger partial charge in [-0.15, -0.1) is 0 Å². The Kier molecular flexibility index (Phi) is 3.08. The van der Waals surface area contributed by atoms with Crippen LogP contribution in [0.5, 0.6) is 0 Å². The molecule has 18 heavy (non-hydrogen) atoms. The molecule has 1 fully saturated rings. The van der Waals surface area contributed by atoms with Crippen LogP contribution in [0, 0.1) is 5.41 Å². The van der Waals surface area contributed by atoms with Gasteiger partial charge in [0.25, 0.3) is 0 Å². The topological polar surface area (TPSA) is 12.9 Å². The first-order chi connectivity index (χ1) is 8.23. The molecule has 1 aromatic rings. The van der Waals surface area contributed by atoms with E-state index < -0.39 is 0 Å². The molecule has 1 aliphatic carbocycles. The molecule has 1 heteroatoms. The van der Waals surface area contributed by atoms with Gasteiger partial charge in [-0.05, 0) is 41.4 Å². The molecule has 1 saturated carbocycles. The van der Waals surface area contributed by atoms with Crippen LogP contribution in [0.3, 0.4) is 0 Å². The minimum Gasteiger partial charge on any atom is -0.261 e. The fourth-order valence-electron chi connectivity index (χ4n) is 2.90. The van der Waals surface area contributed by atoms with Crippen LogP contribution in [0.2, 0.25) is 0 Å². The van der Waals surface area contributed by atoms with Gasteiger partial charge in [-0.1, -0.05) is 48.0 Å². The van der Waals surface area contributed by atoms with E-state index in [-0.39, 0.29) is 5.41 Å². The van der Waals surface area contributed by atoms with E-state index >= 15 is 0 Å². The number of pyridine rings is 1. The van der Waals surface area contributed by atoms with Crippen molar-refractivity contribution in [2.75, 3.05) is 0 Å². The van der Waals surface area contributed by atoms with Gasteiger partial charge < -0.3 is 0 Å². The summed E-state index contributed by atoms with van der Waals surface area (Å²) >= 11 is 0. The van der Waals surface area contributed by atoms with Crippen molar-refractivity contribution in [3.05, 3.63) is 29.6 Å². The Labute approximate surface area is 112 Å². The van der Waals surface area contributed by atoms with Gasteiger partial charge in [0.15, 0.2) is 0 Å². The van der Waals surface area contributed by atoms with Crippen LogP contribution in [-0.4, -0.2) is 4.98 Å². The molecule has 0 spiro atoms. The van der Waals surface area contributed by atoms with Crippen LogP contribution in [0.4, 0.5) is 0 Å². The zero-order valence-corrected chi connectivity index (χ0v) is 12.8. The molecule has 2 rings (SSSR count). The second-order valence-electron chi connectivity index (χ2n) is 7.50. The van der Waals surface area contributed by atoms with Gasteiger partial charge in [0.05, 0.1) is 0 Å². The summed E-state index contributed by atoms with van der Waals surface area (Å²) in [4.78, 5) is 4.70. The molecule has 0 unspecified atom stereocenters. The Morgan fingerprint density at radius 1 is 1.17 bits per heavy atom. The third-order valence-electron chi connectivity index (χ3n) is 5.05. The molecule has 0 amide bonds. The van der Waals surface area contributed by atoms with E-state index in [0.717, 1.165) is 0 Å². The number of hydrogen-bond acceptors (Lipinski definition) is 1. The van der Waals surface area contributed by atoms with E-state index in [1.807, 2.05) is 6.20 Å². The maximum atomic E-state index is 4.70. The van der Waals surface area contributed by atoms with Crippen LogP contribution in [-0.2, 0) is 10.8 Å². The summed E-state index contributed by atoms with van der Waals surface area (Å²) in [5, 5.41) is 0. The zero-order chi connectivity index (χ0) is 13.6. The van der Waals surface area contributed by atoms with Crippen molar-refractivity contribution in [2.45, 2.75) is 71.6 Å². The van der Waals surface area contributed by atoms with Crippen molar-refractivity contribution in [2.24, 2.45) is 5.41 Å². The third-order valence-corrected chi connectivity index (χ3v) is 5.05. The fraction of sp³-hybridized carbons (Fsp3) is 0.706. The molecule has 100 valence electrons. The van der Waals surface area contributed by atoms with Crippen molar-refractivity contribution in [1.82, 2.24) is 4.98 Å². The maximum Gasteiger partial charge on any atom is 0.0473 e. The lowest BCUT2D eigenvalue weighted by molar-refractivity contribution is 0.248. The summed E-state index contributed by atoms with van der Waals surface area (Å²) < 4.78 is 0. The Balaban J connectivity index is 2.41. The lowest BCUT2D eigenvalue weighted by atomic mass is 9.71. The maximum absolute atomic E-state index is 4.70.